The van der Waals surface area contributed by atoms with Crippen LogP contribution >= 0.6 is 0 Å². The van der Waals surface area contributed by atoms with Crippen LogP contribution in [0.4, 0.5) is 0 Å². The number of Topliss-reactive ketones (excluding diaryl/α,β-unsaturated/α-hetero) is 1. The molecular weight excluding hydrogens is 432 g/mol. The van der Waals surface area contributed by atoms with Gasteiger partial charge in [0.2, 0.25) is 5.91 Å². The molecule has 34 heavy (non-hydrogen) atoms. The number of piperidine rings is 1. The second-order valence-electron chi connectivity index (χ2n) is 11.4. The SMILES string of the molecule is CC1(C)CCC[C@H](CC(=O)[C@@H]2C[C@@]3(CO)C[C@H]3N2C(=O)Cn2nc(C(N)=O)c3ccccc32)C1. The van der Waals surface area contributed by atoms with E-state index in [1.165, 1.54) is 11.1 Å². The van der Waals surface area contributed by atoms with Gasteiger partial charge in [-0.05, 0) is 49.5 Å². The Morgan fingerprint density at radius 2 is 1.94 bits per heavy atom. The molecule has 2 saturated carbocycles. The summed E-state index contributed by atoms with van der Waals surface area (Å²) in [4.78, 5) is 40.6. The van der Waals surface area contributed by atoms with Gasteiger partial charge in [-0.1, -0.05) is 38.5 Å². The summed E-state index contributed by atoms with van der Waals surface area (Å²) in [5.74, 6) is -0.388. The Balaban J connectivity index is 1.37. The molecule has 1 aliphatic heterocycles. The van der Waals surface area contributed by atoms with Crippen LogP contribution in [-0.2, 0) is 16.1 Å². The standard InChI is InChI=1S/C26H34N4O4/c1-25(2)9-5-6-16(11-25)10-20(32)19-12-26(15-31)13-21(26)30(19)22(33)14-29-18-8-4-3-7-17(18)23(28-29)24(27)34/h3-4,7-8,16,19,21,31H,5-6,9-15H2,1-2H3,(H2,27,34)/t16-,19+,21-,26+/m1/s1. The number of carbonyl (C=O) groups excluding carboxylic acids is 3. The Labute approximate surface area is 199 Å². The van der Waals surface area contributed by atoms with Gasteiger partial charge < -0.3 is 15.7 Å². The summed E-state index contributed by atoms with van der Waals surface area (Å²) in [6.07, 6.45) is 6.15. The smallest absolute Gasteiger partial charge is 0.269 e. The normalized spacial score (nSPS) is 29.7. The number of nitrogens with two attached hydrogens (primary N) is 1. The number of hydrogen-bond donors (Lipinski definition) is 2. The third-order valence-corrected chi connectivity index (χ3v) is 8.37. The van der Waals surface area contributed by atoms with Gasteiger partial charge in [-0.2, -0.15) is 5.10 Å². The number of fused-ring (bicyclic) bond motifs is 2. The Kier molecular flexibility index (Phi) is 5.54. The van der Waals surface area contributed by atoms with Gasteiger partial charge in [0.15, 0.2) is 11.5 Å². The average molecular weight is 467 g/mol. The molecule has 0 unspecified atom stereocenters. The number of ketones is 1. The molecule has 3 fully saturated rings. The van der Waals surface area contributed by atoms with Crippen LogP contribution in [0.5, 0.6) is 0 Å². The molecule has 3 N–H and O–H groups in total. The quantitative estimate of drug-likeness (QED) is 0.650. The number of likely N-dealkylation sites (tertiary alicyclic amines) is 1. The van der Waals surface area contributed by atoms with E-state index in [9.17, 15) is 19.5 Å². The first-order valence-corrected chi connectivity index (χ1v) is 12.3. The third-order valence-electron chi connectivity index (χ3n) is 8.37. The van der Waals surface area contributed by atoms with Crippen LogP contribution in [0, 0.1) is 16.7 Å². The van der Waals surface area contributed by atoms with Gasteiger partial charge in [-0.3, -0.25) is 19.1 Å². The maximum atomic E-state index is 13.6. The summed E-state index contributed by atoms with van der Waals surface area (Å²) in [6.45, 7) is 4.43. The summed E-state index contributed by atoms with van der Waals surface area (Å²) in [6, 6.07) is 6.56. The van der Waals surface area contributed by atoms with E-state index >= 15 is 0 Å². The maximum absolute atomic E-state index is 13.6. The zero-order valence-electron chi connectivity index (χ0n) is 20.0. The molecule has 2 heterocycles. The first-order chi connectivity index (χ1) is 16.1. The monoisotopic (exact) mass is 466 g/mol. The highest BCUT2D eigenvalue weighted by Gasteiger charge is 2.66. The summed E-state index contributed by atoms with van der Waals surface area (Å²) >= 11 is 0. The Hall–Kier alpha value is -2.74. The number of aliphatic hydroxyl groups excluding tert-OH is 1. The maximum Gasteiger partial charge on any atom is 0.269 e. The van der Waals surface area contributed by atoms with E-state index in [0.717, 1.165) is 25.7 Å². The van der Waals surface area contributed by atoms with Crippen LogP contribution < -0.4 is 5.73 Å². The molecule has 5 rings (SSSR count). The van der Waals surface area contributed by atoms with Crippen molar-refractivity contribution in [2.24, 2.45) is 22.5 Å². The van der Waals surface area contributed by atoms with Gasteiger partial charge in [0, 0.05) is 23.3 Å². The molecule has 1 saturated heterocycles. The molecule has 0 bridgehead atoms. The summed E-state index contributed by atoms with van der Waals surface area (Å²) in [5, 5.41) is 15.0. The van der Waals surface area contributed by atoms with Crippen molar-refractivity contribution in [1.82, 2.24) is 14.7 Å². The number of aliphatic hydroxyl groups is 1. The molecule has 1 aromatic carbocycles. The first-order valence-electron chi connectivity index (χ1n) is 12.3. The van der Waals surface area contributed by atoms with Crippen molar-refractivity contribution in [2.75, 3.05) is 6.61 Å². The molecular formula is C26H34N4O4. The third kappa shape index (κ3) is 3.91. The fourth-order valence-electron chi connectivity index (χ4n) is 6.58. The second-order valence-corrected chi connectivity index (χ2v) is 11.4. The number of para-hydroxylation sites is 1. The lowest BCUT2D eigenvalue weighted by molar-refractivity contribution is -0.140. The molecule has 2 amide bonds. The number of amides is 2. The van der Waals surface area contributed by atoms with Crippen molar-refractivity contribution in [3.63, 3.8) is 0 Å². The lowest BCUT2D eigenvalue weighted by Crippen LogP contribution is -2.45. The Bertz CT molecular complexity index is 1150. The zero-order chi connectivity index (χ0) is 24.3. The van der Waals surface area contributed by atoms with Gasteiger partial charge in [-0.25, -0.2) is 0 Å². The fraction of sp³-hybridized carbons (Fsp3) is 0.615. The number of carbonyl (C=O) groups is 3. The van der Waals surface area contributed by atoms with Gasteiger partial charge >= 0.3 is 0 Å². The van der Waals surface area contributed by atoms with Crippen LogP contribution in [0.2, 0.25) is 0 Å². The van der Waals surface area contributed by atoms with Gasteiger partial charge in [0.05, 0.1) is 18.2 Å². The first kappa shape index (κ1) is 23.0. The van der Waals surface area contributed by atoms with E-state index < -0.39 is 11.9 Å². The minimum absolute atomic E-state index is 0.0157. The van der Waals surface area contributed by atoms with E-state index in [4.69, 9.17) is 5.73 Å². The van der Waals surface area contributed by atoms with Crippen LogP contribution in [0.1, 0.15) is 69.3 Å². The van der Waals surface area contributed by atoms with Gasteiger partial charge in [0.25, 0.3) is 5.91 Å². The lowest BCUT2D eigenvalue weighted by atomic mass is 9.70. The summed E-state index contributed by atoms with van der Waals surface area (Å²) in [5.41, 5.74) is 6.18. The average Bonchev–Trinajstić information content (AvgIpc) is 3.21. The molecule has 8 heteroatoms. The molecule has 4 atom stereocenters. The van der Waals surface area contributed by atoms with Gasteiger partial charge in [0.1, 0.15) is 6.54 Å². The van der Waals surface area contributed by atoms with E-state index in [0.29, 0.717) is 29.7 Å². The number of benzene rings is 1. The number of primary amides is 1. The lowest BCUT2D eigenvalue weighted by Gasteiger charge is -2.36. The van der Waals surface area contributed by atoms with Crippen molar-refractivity contribution < 1.29 is 19.5 Å². The number of aromatic nitrogens is 2. The molecule has 1 aromatic heterocycles. The van der Waals surface area contributed by atoms with Crippen molar-refractivity contribution in [1.29, 1.82) is 0 Å². The fourth-order valence-corrected chi connectivity index (χ4v) is 6.58. The van der Waals surface area contributed by atoms with Crippen molar-refractivity contribution in [3.05, 3.63) is 30.0 Å². The zero-order valence-corrected chi connectivity index (χ0v) is 20.0. The van der Waals surface area contributed by atoms with Gasteiger partial charge in [-0.15, -0.1) is 0 Å². The van der Waals surface area contributed by atoms with Crippen LogP contribution in [-0.4, -0.2) is 56.1 Å². The van der Waals surface area contributed by atoms with Crippen molar-refractivity contribution in [2.45, 2.75) is 77.4 Å². The number of rotatable bonds is 7. The summed E-state index contributed by atoms with van der Waals surface area (Å²) in [7, 11) is 0. The highest BCUT2D eigenvalue weighted by Crippen LogP contribution is 2.59. The molecule has 0 radical (unpaired) electrons. The van der Waals surface area contributed by atoms with E-state index in [1.807, 2.05) is 6.07 Å². The van der Waals surface area contributed by atoms with Crippen LogP contribution in [0.15, 0.2) is 24.3 Å². The molecule has 8 nitrogen and oxygen atoms in total. The minimum Gasteiger partial charge on any atom is -0.396 e. The molecule has 182 valence electrons. The predicted octanol–water partition coefficient (Wildman–Crippen LogP) is 2.66. The van der Waals surface area contributed by atoms with E-state index in [2.05, 4.69) is 18.9 Å². The topological polar surface area (TPSA) is 119 Å². The second kappa shape index (κ2) is 8.18. The predicted molar refractivity (Wildman–Crippen MR) is 127 cm³/mol. The van der Waals surface area contributed by atoms with E-state index in [-0.39, 0.29) is 47.4 Å². The number of nitrogens with zero attached hydrogens (tertiary/aromatic N) is 3. The largest absolute Gasteiger partial charge is 0.396 e. The molecule has 0 spiro atoms. The Morgan fingerprint density at radius 1 is 1.18 bits per heavy atom. The minimum atomic E-state index is -0.645. The van der Waals surface area contributed by atoms with Crippen LogP contribution in [0.3, 0.4) is 0 Å². The van der Waals surface area contributed by atoms with E-state index in [1.54, 1.807) is 23.1 Å². The Morgan fingerprint density at radius 3 is 2.65 bits per heavy atom. The molecule has 2 aromatic rings. The molecule has 2 aliphatic carbocycles. The van der Waals surface area contributed by atoms with Crippen molar-refractivity contribution in [3.8, 4) is 0 Å². The highest BCUT2D eigenvalue weighted by atomic mass is 16.3. The van der Waals surface area contributed by atoms with Crippen LogP contribution in [0.25, 0.3) is 10.9 Å². The summed E-state index contributed by atoms with van der Waals surface area (Å²) < 4.78 is 1.50. The molecule has 3 aliphatic rings. The number of hydrogen-bond acceptors (Lipinski definition) is 5. The van der Waals surface area contributed by atoms with Crippen molar-refractivity contribution >= 4 is 28.5 Å². The highest BCUT2D eigenvalue weighted by molar-refractivity contribution is 6.04.